The van der Waals surface area contributed by atoms with E-state index in [9.17, 15) is 9.90 Å². The lowest BCUT2D eigenvalue weighted by Gasteiger charge is -2.11. The van der Waals surface area contributed by atoms with Gasteiger partial charge in [-0.1, -0.05) is 90.7 Å². The number of rotatable bonds is 5. The van der Waals surface area contributed by atoms with Crippen molar-refractivity contribution in [1.29, 1.82) is 0 Å². The molecule has 0 aliphatic heterocycles. The summed E-state index contributed by atoms with van der Waals surface area (Å²) in [5, 5.41) is 9.64. The van der Waals surface area contributed by atoms with Crippen LogP contribution in [-0.4, -0.2) is 22.8 Å². The van der Waals surface area contributed by atoms with Crippen LogP contribution in [0.15, 0.2) is 96.0 Å². The molecular weight excluding hydrogens is 334 g/mol. The van der Waals surface area contributed by atoms with Gasteiger partial charge >= 0.3 is 5.97 Å². The molecule has 1 N–H and O–H groups in total. The second-order valence-corrected chi connectivity index (χ2v) is 5.94. The maximum absolute atomic E-state index is 11.8. The van der Waals surface area contributed by atoms with Gasteiger partial charge in [-0.05, 0) is 12.1 Å². The average molecular weight is 353 g/mol. The van der Waals surface area contributed by atoms with E-state index < -0.39 is 12.0 Å². The molecule has 0 fully saturated rings. The third-order valence-electron chi connectivity index (χ3n) is 3.97. The van der Waals surface area contributed by atoms with Crippen molar-refractivity contribution in [2.24, 2.45) is 4.99 Å². The van der Waals surface area contributed by atoms with E-state index in [1.165, 1.54) is 0 Å². The quantitative estimate of drug-likeness (QED) is 0.545. The monoisotopic (exact) mass is 353 g/mol. The zero-order chi connectivity index (χ0) is 18.9. The summed E-state index contributed by atoms with van der Waals surface area (Å²) in [5.74, 6) is 4.97. The number of carboxylic acid groups (broad SMARTS) is 1. The van der Waals surface area contributed by atoms with E-state index in [4.69, 9.17) is 0 Å². The molecule has 0 aliphatic carbocycles. The number of aliphatic imine (C=N–C) groups is 1. The molecule has 0 aromatic heterocycles. The number of hydrogen-bond acceptors (Lipinski definition) is 2. The van der Waals surface area contributed by atoms with Gasteiger partial charge in [0.15, 0.2) is 6.04 Å². The van der Waals surface area contributed by atoms with Crippen LogP contribution >= 0.6 is 0 Å². The highest BCUT2D eigenvalue weighted by atomic mass is 16.4. The maximum Gasteiger partial charge on any atom is 0.329 e. The topological polar surface area (TPSA) is 49.7 Å². The Morgan fingerprint density at radius 1 is 0.815 bits per heavy atom. The molecule has 27 heavy (non-hydrogen) atoms. The molecule has 3 heteroatoms. The summed E-state index contributed by atoms with van der Waals surface area (Å²) in [6, 6.07) is 27.8. The first-order chi connectivity index (χ1) is 13.2. The number of hydrogen-bond donors (Lipinski definition) is 1. The van der Waals surface area contributed by atoms with Gasteiger partial charge in [-0.15, -0.1) is 0 Å². The van der Waals surface area contributed by atoms with E-state index in [2.05, 4.69) is 16.8 Å². The van der Waals surface area contributed by atoms with Crippen LogP contribution in [-0.2, 0) is 4.79 Å². The lowest BCUT2D eigenvalue weighted by atomic mass is 10.0. The molecule has 0 aliphatic rings. The van der Waals surface area contributed by atoms with Crippen molar-refractivity contribution >= 4 is 11.7 Å². The Kier molecular flexibility index (Phi) is 6.17. The maximum atomic E-state index is 11.8. The van der Waals surface area contributed by atoms with Crippen LogP contribution < -0.4 is 0 Å². The van der Waals surface area contributed by atoms with Crippen LogP contribution in [0.3, 0.4) is 0 Å². The lowest BCUT2D eigenvalue weighted by molar-refractivity contribution is -0.138. The van der Waals surface area contributed by atoms with E-state index >= 15 is 0 Å². The van der Waals surface area contributed by atoms with Gasteiger partial charge in [0.05, 0.1) is 5.71 Å². The molecule has 0 saturated heterocycles. The van der Waals surface area contributed by atoms with Crippen molar-refractivity contribution in [3.8, 4) is 11.8 Å². The molecule has 1 atom stereocenters. The fraction of sp³-hybridized carbons (Fsp3) is 0.0833. The van der Waals surface area contributed by atoms with Gasteiger partial charge in [0, 0.05) is 23.1 Å². The predicted molar refractivity (Wildman–Crippen MR) is 108 cm³/mol. The third-order valence-corrected chi connectivity index (χ3v) is 3.97. The first kappa shape index (κ1) is 18.2. The zero-order valence-corrected chi connectivity index (χ0v) is 14.7. The third kappa shape index (κ3) is 5.17. The summed E-state index contributed by atoms with van der Waals surface area (Å²) in [6.45, 7) is 0. The van der Waals surface area contributed by atoms with Crippen LogP contribution in [0.4, 0.5) is 0 Å². The highest BCUT2D eigenvalue weighted by molar-refractivity contribution is 6.13. The molecular formula is C24H19NO2. The van der Waals surface area contributed by atoms with Crippen LogP contribution in [0.2, 0.25) is 0 Å². The predicted octanol–water partition coefficient (Wildman–Crippen LogP) is 4.42. The molecule has 0 spiro atoms. The smallest absolute Gasteiger partial charge is 0.329 e. The Morgan fingerprint density at radius 2 is 1.30 bits per heavy atom. The number of carboxylic acids is 1. The Balaban J connectivity index is 1.93. The van der Waals surface area contributed by atoms with E-state index in [0.717, 1.165) is 16.7 Å². The number of nitrogens with zero attached hydrogens (tertiary/aromatic N) is 1. The molecule has 0 amide bonds. The summed E-state index contributed by atoms with van der Waals surface area (Å²) in [4.78, 5) is 16.3. The van der Waals surface area contributed by atoms with Crippen LogP contribution in [0.25, 0.3) is 0 Å². The summed E-state index contributed by atoms with van der Waals surface area (Å²) in [6.07, 6.45) is 0.146. The van der Waals surface area contributed by atoms with Crippen LogP contribution in [0.1, 0.15) is 23.1 Å². The van der Waals surface area contributed by atoms with Crippen LogP contribution in [0.5, 0.6) is 0 Å². The normalized spacial score (nSPS) is 11.0. The molecule has 0 bridgehead atoms. The van der Waals surface area contributed by atoms with E-state index in [-0.39, 0.29) is 6.42 Å². The van der Waals surface area contributed by atoms with Crippen molar-refractivity contribution in [3.63, 3.8) is 0 Å². The van der Waals surface area contributed by atoms with Gasteiger partial charge in [0.25, 0.3) is 0 Å². The fourth-order valence-electron chi connectivity index (χ4n) is 2.62. The molecule has 0 saturated carbocycles. The average Bonchev–Trinajstić information content (AvgIpc) is 2.72. The summed E-state index contributed by atoms with van der Waals surface area (Å²) in [7, 11) is 0. The fourth-order valence-corrected chi connectivity index (χ4v) is 2.62. The van der Waals surface area contributed by atoms with Crippen molar-refractivity contribution in [2.75, 3.05) is 0 Å². The second-order valence-electron chi connectivity index (χ2n) is 5.94. The first-order valence-electron chi connectivity index (χ1n) is 8.69. The molecule has 0 heterocycles. The van der Waals surface area contributed by atoms with Gasteiger partial charge in [-0.2, -0.15) is 0 Å². The van der Waals surface area contributed by atoms with Gasteiger partial charge in [0.2, 0.25) is 0 Å². The summed E-state index contributed by atoms with van der Waals surface area (Å²) in [5.41, 5.74) is 3.28. The molecule has 0 radical (unpaired) electrons. The van der Waals surface area contributed by atoms with Gasteiger partial charge in [-0.25, -0.2) is 4.79 Å². The minimum absolute atomic E-state index is 0.146. The molecule has 3 rings (SSSR count). The molecule has 132 valence electrons. The molecule has 3 nitrogen and oxygen atoms in total. The highest BCUT2D eigenvalue weighted by Gasteiger charge is 2.17. The largest absolute Gasteiger partial charge is 0.480 e. The van der Waals surface area contributed by atoms with Crippen molar-refractivity contribution < 1.29 is 9.90 Å². The minimum atomic E-state index is -0.985. The van der Waals surface area contributed by atoms with Crippen molar-refractivity contribution in [2.45, 2.75) is 12.5 Å². The number of aliphatic carboxylic acids is 1. The summed E-state index contributed by atoms with van der Waals surface area (Å²) < 4.78 is 0. The number of benzene rings is 3. The van der Waals surface area contributed by atoms with Crippen molar-refractivity contribution in [3.05, 3.63) is 108 Å². The van der Waals surface area contributed by atoms with Crippen LogP contribution in [0, 0.1) is 11.8 Å². The Bertz CT molecular complexity index is 927. The zero-order valence-electron chi connectivity index (χ0n) is 14.7. The molecule has 3 aromatic rings. The second kappa shape index (κ2) is 9.17. The first-order valence-corrected chi connectivity index (χ1v) is 8.69. The Labute approximate surface area is 159 Å². The molecule has 3 aromatic carbocycles. The van der Waals surface area contributed by atoms with E-state index in [1.807, 2.05) is 91.0 Å². The van der Waals surface area contributed by atoms with Crippen molar-refractivity contribution in [1.82, 2.24) is 0 Å². The highest BCUT2D eigenvalue weighted by Crippen LogP contribution is 2.13. The van der Waals surface area contributed by atoms with E-state index in [0.29, 0.717) is 5.71 Å². The Hall–Kier alpha value is -3.64. The SMILES string of the molecule is O=C(O)C(CC#Cc1ccccc1)N=C(c1ccccc1)c1ccccc1. The van der Waals surface area contributed by atoms with Gasteiger partial charge < -0.3 is 5.11 Å². The van der Waals surface area contributed by atoms with E-state index in [1.54, 1.807) is 0 Å². The molecule has 1 unspecified atom stereocenters. The standard InChI is InChI=1S/C24H19NO2/c26-24(27)22(18-10-13-19-11-4-1-5-12-19)25-23(20-14-6-2-7-15-20)21-16-8-3-9-17-21/h1-9,11-12,14-17,22H,18H2,(H,26,27). The lowest BCUT2D eigenvalue weighted by Crippen LogP contribution is -2.20. The summed E-state index contributed by atoms with van der Waals surface area (Å²) >= 11 is 0. The Morgan fingerprint density at radius 3 is 1.78 bits per heavy atom. The van der Waals surface area contributed by atoms with Gasteiger partial charge in [-0.3, -0.25) is 4.99 Å². The van der Waals surface area contributed by atoms with Gasteiger partial charge in [0.1, 0.15) is 0 Å². The minimum Gasteiger partial charge on any atom is -0.480 e. The number of carbonyl (C=O) groups is 1.